The molecule has 0 bridgehead atoms. The predicted molar refractivity (Wildman–Crippen MR) is 116 cm³/mol. The van der Waals surface area contributed by atoms with Gasteiger partial charge in [0, 0.05) is 30.0 Å². The maximum atomic E-state index is 12.3. The minimum absolute atomic E-state index is 0.215. The van der Waals surface area contributed by atoms with E-state index in [1.54, 1.807) is 0 Å². The van der Waals surface area contributed by atoms with E-state index < -0.39 is 6.36 Å². The van der Waals surface area contributed by atoms with E-state index in [1.165, 1.54) is 37.1 Å². The molecule has 3 aromatic heterocycles. The molecule has 5 rings (SSSR count). The largest absolute Gasteiger partial charge is 0.573 e. The topological polar surface area (TPSA) is 90.9 Å². The highest BCUT2D eigenvalue weighted by Crippen LogP contribution is 2.27. The van der Waals surface area contributed by atoms with E-state index in [0.29, 0.717) is 23.8 Å². The van der Waals surface area contributed by atoms with Crippen molar-refractivity contribution in [2.45, 2.75) is 45.3 Å². The second kappa shape index (κ2) is 8.90. The number of alkyl halides is 3. The molecule has 0 radical (unpaired) electrons. The summed E-state index contributed by atoms with van der Waals surface area (Å²) in [6.45, 7) is 3.23. The van der Waals surface area contributed by atoms with Crippen LogP contribution in [0.25, 0.3) is 23.0 Å². The third kappa shape index (κ3) is 5.42. The Morgan fingerprint density at radius 2 is 1.94 bits per heavy atom. The Bertz CT molecular complexity index is 1260. The molecule has 176 valence electrons. The van der Waals surface area contributed by atoms with Gasteiger partial charge in [-0.15, -0.1) is 13.2 Å². The smallest absolute Gasteiger partial charge is 0.406 e. The average Bonchev–Trinajstić information content (AvgIpc) is 3.37. The number of rotatable bonds is 8. The normalized spacial score (nSPS) is 13.9. The Kier molecular flexibility index (Phi) is 5.78. The molecule has 3 heterocycles. The summed E-state index contributed by atoms with van der Waals surface area (Å²) in [6.07, 6.45) is -0.419. The molecular weight excluding hydrogens is 449 g/mol. The van der Waals surface area contributed by atoms with Crippen LogP contribution < -0.4 is 10.1 Å². The van der Waals surface area contributed by atoms with Gasteiger partial charge in [0.15, 0.2) is 5.69 Å². The molecule has 1 saturated carbocycles. The summed E-state index contributed by atoms with van der Waals surface area (Å²) >= 11 is 0. The lowest BCUT2D eigenvalue weighted by atomic mass is 10.2. The molecule has 8 nitrogen and oxygen atoms in total. The predicted octanol–water partition coefficient (Wildman–Crippen LogP) is 4.50. The third-order valence-electron chi connectivity index (χ3n) is 5.34. The van der Waals surface area contributed by atoms with Crippen LogP contribution in [0.5, 0.6) is 5.75 Å². The van der Waals surface area contributed by atoms with Gasteiger partial charge in [-0.2, -0.15) is 10.1 Å². The van der Waals surface area contributed by atoms with Crippen molar-refractivity contribution in [3.05, 3.63) is 65.6 Å². The third-order valence-corrected chi connectivity index (χ3v) is 5.34. The van der Waals surface area contributed by atoms with Crippen molar-refractivity contribution in [2.75, 3.05) is 0 Å². The first-order valence-electron chi connectivity index (χ1n) is 10.7. The number of aryl methyl sites for hydroxylation is 1. The minimum Gasteiger partial charge on any atom is -0.406 e. The summed E-state index contributed by atoms with van der Waals surface area (Å²) in [6, 6.07) is 11.8. The van der Waals surface area contributed by atoms with Gasteiger partial charge >= 0.3 is 6.36 Å². The van der Waals surface area contributed by atoms with Crippen LogP contribution in [-0.2, 0) is 13.1 Å². The van der Waals surface area contributed by atoms with Crippen LogP contribution in [-0.4, -0.2) is 37.3 Å². The Labute approximate surface area is 192 Å². The van der Waals surface area contributed by atoms with E-state index >= 15 is 0 Å². The number of hydrogen-bond acceptors (Lipinski definition) is 7. The molecule has 0 spiro atoms. The van der Waals surface area contributed by atoms with Crippen LogP contribution in [0.3, 0.4) is 0 Å². The fourth-order valence-electron chi connectivity index (χ4n) is 3.39. The van der Waals surface area contributed by atoms with Gasteiger partial charge < -0.3 is 14.6 Å². The first kappa shape index (κ1) is 22.1. The number of halogens is 3. The van der Waals surface area contributed by atoms with Crippen LogP contribution in [0.2, 0.25) is 0 Å². The molecule has 1 N–H and O–H groups in total. The number of nitrogens with zero attached hydrogens (tertiary/aromatic N) is 5. The lowest BCUT2D eigenvalue weighted by Crippen LogP contribution is -2.16. The fraction of sp³-hybridized carbons (Fsp3) is 0.304. The summed E-state index contributed by atoms with van der Waals surface area (Å²) in [5.41, 5.74) is 3.92. The maximum absolute atomic E-state index is 12.3. The Morgan fingerprint density at radius 1 is 1.15 bits per heavy atom. The molecule has 0 unspecified atom stereocenters. The Morgan fingerprint density at radius 3 is 2.62 bits per heavy atom. The van der Waals surface area contributed by atoms with Crippen LogP contribution in [0.1, 0.15) is 29.8 Å². The zero-order valence-corrected chi connectivity index (χ0v) is 18.2. The van der Waals surface area contributed by atoms with E-state index in [2.05, 4.69) is 30.3 Å². The second-order valence-electron chi connectivity index (χ2n) is 8.14. The van der Waals surface area contributed by atoms with Crippen molar-refractivity contribution in [3.8, 4) is 28.7 Å². The Balaban J connectivity index is 1.26. The average molecular weight is 470 g/mol. The van der Waals surface area contributed by atoms with Gasteiger partial charge in [0.1, 0.15) is 5.75 Å². The van der Waals surface area contributed by atoms with Gasteiger partial charge in [-0.3, -0.25) is 9.67 Å². The number of ether oxygens (including phenoxy) is 1. The van der Waals surface area contributed by atoms with E-state index in [4.69, 9.17) is 4.52 Å². The first-order chi connectivity index (χ1) is 16.3. The zero-order chi connectivity index (χ0) is 23.7. The molecule has 1 aliphatic carbocycles. The molecule has 4 aromatic rings. The second-order valence-corrected chi connectivity index (χ2v) is 8.14. The summed E-state index contributed by atoms with van der Waals surface area (Å²) in [5.74, 6) is 0.128. The van der Waals surface area contributed by atoms with Gasteiger partial charge in [0.2, 0.25) is 5.82 Å². The standard InChI is InChI=1S/C23H21F3N6O2/c1-14-10-20(30-32(14)13-15-2-5-18(27-11-15)12-28-17-6-7-17)22-29-21(31-34-22)16-3-8-19(9-4-16)33-23(24,25)26/h2-5,8-11,17,28H,6-7,12-13H2,1H3. The van der Waals surface area contributed by atoms with E-state index in [1.807, 2.05) is 36.0 Å². The Hall–Kier alpha value is -3.73. The summed E-state index contributed by atoms with van der Waals surface area (Å²) in [4.78, 5) is 8.85. The van der Waals surface area contributed by atoms with Crippen molar-refractivity contribution < 1.29 is 22.4 Å². The van der Waals surface area contributed by atoms with Crippen molar-refractivity contribution in [1.29, 1.82) is 0 Å². The lowest BCUT2D eigenvalue weighted by Gasteiger charge is -2.08. The van der Waals surface area contributed by atoms with Crippen LogP contribution >= 0.6 is 0 Å². The quantitative estimate of drug-likeness (QED) is 0.405. The summed E-state index contributed by atoms with van der Waals surface area (Å²) in [5, 5.41) is 11.9. The van der Waals surface area contributed by atoms with Crippen LogP contribution in [0.15, 0.2) is 53.2 Å². The lowest BCUT2D eigenvalue weighted by molar-refractivity contribution is -0.274. The number of pyridine rings is 1. The van der Waals surface area contributed by atoms with E-state index in [0.717, 1.165) is 23.5 Å². The van der Waals surface area contributed by atoms with Gasteiger partial charge in [0.25, 0.3) is 5.89 Å². The molecule has 34 heavy (non-hydrogen) atoms. The molecule has 0 aliphatic heterocycles. The van der Waals surface area contributed by atoms with Crippen LogP contribution in [0, 0.1) is 6.92 Å². The van der Waals surface area contributed by atoms with E-state index in [-0.39, 0.29) is 17.5 Å². The molecule has 1 aromatic carbocycles. The highest BCUT2D eigenvalue weighted by molar-refractivity contribution is 5.58. The minimum atomic E-state index is -4.75. The number of nitrogens with one attached hydrogen (secondary N) is 1. The molecule has 1 fully saturated rings. The number of hydrogen-bond donors (Lipinski definition) is 1. The van der Waals surface area contributed by atoms with Crippen LogP contribution in [0.4, 0.5) is 13.2 Å². The molecule has 0 amide bonds. The van der Waals surface area contributed by atoms with Gasteiger partial charge in [-0.25, -0.2) is 0 Å². The van der Waals surface area contributed by atoms with Gasteiger partial charge in [-0.1, -0.05) is 11.2 Å². The molecule has 1 aliphatic rings. The molecule has 0 saturated heterocycles. The van der Waals surface area contributed by atoms with Crippen molar-refractivity contribution >= 4 is 0 Å². The van der Waals surface area contributed by atoms with Crippen molar-refractivity contribution in [1.82, 2.24) is 30.2 Å². The van der Waals surface area contributed by atoms with Crippen molar-refractivity contribution in [3.63, 3.8) is 0 Å². The van der Waals surface area contributed by atoms with Gasteiger partial charge in [0.05, 0.1) is 12.2 Å². The SMILES string of the molecule is Cc1cc(-c2nc(-c3ccc(OC(F)(F)F)cc3)no2)nn1Cc1ccc(CNC2CC2)nc1. The van der Waals surface area contributed by atoms with E-state index in [9.17, 15) is 13.2 Å². The summed E-state index contributed by atoms with van der Waals surface area (Å²) < 4.78 is 48.0. The van der Waals surface area contributed by atoms with Gasteiger partial charge in [-0.05, 0) is 61.7 Å². The summed E-state index contributed by atoms with van der Waals surface area (Å²) in [7, 11) is 0. The number of aromatic nitrogens is 5. The highest BCUT2D eigenvalue weighted by Gasteiger charge is 2.31. The molecule has 0 atom stereocenters. The van der Waals surface area contributed by atoms with Crippen molar-refractivity contribution in [2.24, 2.45) is 0 Å². The zero-order valence-electron chi connectivity index (χ0n) is 18.2. The fourth-order valence-corrected chi connectivity index (χ4v) is 3.39. The highest BCUT2D eigenvalue weighted by atomic mass is 19.4. The number of benzene rings is 1. The first-order valence-corrected chi connectivity index (χ1v) is 10.7. The maximum Gasteiger partial charge on any atom is 0.573 e. The molecule has 11 heteroatoms. The molecular formula is C23H21F3N6O2. The monoisotopic (exact) mass is 470 g/mol.